The van der Waals surface area contributed by atoms with Crippen molar-refractivity contribution in [2.24, 2.45) is 0 Å². The second kappa shape index (κ2) is 7.64. The van der Waals surface area contributed by atoms with Gasteiger partial charge in [-0.2, -0.15) is 5.26 Å². The third kappa shape index (κ3) is 4.83. The van der Waals surface area contributed by atoms with E-state index in [-0.39, 0.29) is 5.82 Å². The molecule has 0 aliphatic carbocycles. The van der Waals surface area contributed by atoms with Crippen LogP contribution < -0.4 is 10.1 Å². The van der Waals surface area contributed by atoms with E-state index in [0.717, 1.165) is 18.5 Å². The molecule has 0 heterocycles. The van der Waals surface area contributed by atoms with Crippen LogP contribution >= 0.6 is 0 Å². The van der Waals surface area contributed by atoms with Gasteiger partial charge in [-0.3, -0.25) is 0 Å². The lowest BCUT2D eigenvalue weighted by Gasteiger charge is -2.07. The first-order valence-corrected chi connectivity index (χ1v) is 5.76. The topological polar surface area (TPSA) is 45.0 Å². The lowest BCUT2D eigenvalue weighted by molar-refractivity contribution is 0.321. The Balaban J connectivity index is 2.39. The van der Waals surface area contributed by atoms with Crippen LogP contribution in [0.15, 0.2) is 18.2 Å². The van der Waals surface area contributed by atoms with Gasteiger partial charge in [0.1, 0.15) is 0 Å². The summed E-state index contributed by atoms with van der Waals surface area (Å²) in [5.74, 6) is -0.0381. The van der Waals surface area contributed by atoms with E-state index in [1.54, 1.807) is 6.07 Å². The van der Waals surface area contributed by atoms with Crippen LogP contribution in [0.5, 0.6) is 5.75 Å². The zero-order valence-electron chi connectivity index (χ0n) is 10.0. The Labute approximate surface area is 101 Å². The van der Waals surface area contributed by atoms with Gasteiger partial charge in [0.2, 0.25) is 0 Å². The summed E-state index contributed by atoms with van der Waals surface area (Å²) in [5.41, 5.74) is 0.878. The average Bonchev–Trinajstić information content (AvgIpc) is 2.32. The summed E-state index contributed by atoms with van der Waals surface area (Å²) in [6, 6.07) is 7.04. The van der Waals surface area contributed by atoms with Gasteiger partial charge in [-0.25, -0.2) is 4.39 Å². The van der Waals surface area contributed by atoms with E-state index in [4.69, 9.17) is 10.00 Å². The van der Waals surface area contributed by atoms with Gasteiger partial charge < -0.3 is 10.1 Å². The summed E-state index contributed by atoms with van der Waals surface area (Å²) in [7, 11) is 0. The van der Waals surface area contributed by atoms with Crippen molar-refractivity contribution in [3.05, 3.63) is 29.6 Å². The number of nitriles is 1. The Bertz CT molecular complexity index is 387. The Morgan fingerprint density at radius 2 is 2.29 bits per heavy atom. The van der Waals surface area contributed by atoms with Crippen molar-refractivity contribution < 1.29 is 9.13 Å². The van der Waals surface area contributed by atoms with E-state index < -0.39 is 0 Å². The van der Waals surface area contributed by atoms with Crippen LogP contribution in [0.3, 0.4) is 0 Å². The van der Waals surface area contributed by atoms with Crippen LogP contribution in [0, 0.1) is 17.1 Å². The van der Waals surface area contributed by atoms with Crippen molar-refractivity contribution in [2.45, 2.75) is 26.3 Å². The highest BCUT2D eigenvalue weighted by molar-refractivity contribution is 5.29. The molecule has 0 aliphatic rings. The van der Waals surface area contributed by atoms with Crippen molar-refractivity contribution in [3.8, 4) is 11.8 Å². The molecule has 1 aromatic rings. The Kier molecular flexibility index (Phi) is 6.05. The molecule has 0 unspecified atom stereocenters. The summed E-state index contributed by atoms with van der Waals surface area (Å²) in [6.45, 7) is 3.66. The Morgan fingerprint density at radius 3 is 2.94 bits per heavy atom. The van der Waals surface area contributed by atoms with Crippen LogP contribution in [0.2, 0.25) is 0 Å². The van der Waals surface area contributed by atoms with E-state index in [2.05, 4.69) is 11.4 Å². The summed E-state index contributed by atoms with van der Waals surface area (Å²) >= 11 is 0. The predicted octanol–water partition coefficient (Wildman–Crippen LogP) is 2.62. The Morgan fingerprint density at radius 1 is 1.47 bits per heavy atom. The molecular weight excluding hydrogens is 219 g/mol. The van der Waals surface area contributed by atoms with E-state index in [9.17, 15) is 4.39 Å². The number of rotatable bonds is 7. The van der Waals surface area contributed by atoms with Gasteiger partial charge in [-0.15, -0.1) is 0 Å². The minimum Gasteiger partial charge on any atom is -0.491 e. The number of nitrogens with one attached hydrogen (secondary N) is 1. The minimum atomic E-state index is -0.330. The van der Waals surface area contributed by atoms with Crippen LogP contribution in [0.4, 0.5) is 4.39 Å². The third-order valence-corrected chi connectivity index (χ3v) is 2.27. The fraction of sp³-hybridized carbons (Fsp3) is 0.462. The second-order valence-electron chi connectivity index (χ2n) is 3.64. The SMILES string of the molecule is CCOc1ccc(CNCCCC#N)cc1F. The van der Waals surface area contributed by atoms with Gasteiger partial charge in [0, 0.05) is 13.0 Å². The molecule has 0 bridgehead atoms. The Hall–Kier alpha value is -1.60. The molecule has 1 N–H and O–H groups in total. The van der Waals surface area contributed by atoms with Crippen molar-refractivity contribution in [1.82, 2.24) is 5.32 Å². The van der Waals surface area contributed by atoms with E-state index >= 15 is 0 Å². The molecule has 0 fully saturated rings. The van der Waals surface area contributed by atoms with Gasteiger partial charge in [-0.1, -0.05) is 6.07 Å². The minimum absolute atomic E-state index is 0.292. The molecule has 3 nitrogen and oxygen atoms in total. The van der Waals surface area contributed by atoms with Gasteiger partial charge in [0.05, 0.1) is 12.7 Å². The maximum atomic E-state index is 13.5. The maximum absolute atomic E-state index is 13.5. The molecule has 0 spiro atoms. The number of nitrogens with zero attached hydrogens (tertiary/aromatic N) is 1. The van der Waals surface area contributed by atoms with Crippen LogP contribution in [-0.2, 0) is 6.54 Å². The number of hydrogen-bond donors (Lipinski definition) is 1. The number of hydrogen-bond acceptors (Lipinski definition) is 3. The van der Waals surface area contributed by atoms with E-state index in [0.29, 0.717) is 25.3 Å². The third-order valence-electron chi connectivity index (χ3n) is 2.27. The molecule has 0 saturated carbocycles. The molecule has 17 heavy (non-hydrogen) atoms. The highest BCUT2D eigenvalue weighted by Gasteiger charge is 2.03. The summed E-state index contributed by atoms with van der Waals surface area (Å²) in [5, 5.41) is 11.5. The lowest BCUT2D eigenvalue weighted by Crippen LogP contribution is -2.14. The molecule has 0 aliphatic heterocycles. The quantitative estimate of drug-likeness (QED) is 0.740. The highest BCUT2D eigenvalue weighted by Crippen LogP contribution is 2.18. The summed E-state index contributed by atoms with van der Waals surface area (Å²) in [6.07, 6.45) is 1.36. The predicted molar refractivity (Wildman–Crippen MR) is 64.1 cm³/mol. The first-order valence-electron chi connectivity index (χ1n) is 5.76. The van der Waals surface area contributed by atoms with Crippen molar-refractivity contribution in [1.29, 1.82) is 5.26 Å². The molecule has 4 heteroatoms. The summed E-state index contributed by atoms with van der Waals surface area (Å²) in [4.78, 5) is 0. The number of unbranched alkanes of at least 4 members (excludes halogenated alkanes) is 1. The van der Waals surface area contributed by atoms with Gasteiger partial charge in [0.15, 0.2) is 11.6 Å². The molecule has 0 amide bonds. The first-order chi connectivity index (χ1) is 8.27. The molecule has 0 atom stereocenters. The average molecular weight is 236 g/mol. The first kappa shape index (κ1) is 13.5. The normalized spacial score (nSPS) is 9.94. The van der Waals surface area contributed by atoms with Crippen molar-refractivity contribution in [2.75, 3.05) is 13.2 Å². The molecule has 1 rings (SSSR count). The maximum Gasteiger partial charge on any atom is 0.165 e. The number of halogens is 1. The zero-order chi connectivity index (χ0) is 12.5. The molecule has 1 aromatic carbocycles. The summed E-state index contributed by atoms with van der Waals surface area (Å²) < 4.78 is 18.6. The van der Waals surface area contributed by atoms with Crippen LogP contribution in [0.1, 0.15) is 25.3 Å². The molecular formula is C13H17FN2O. The fourth-order valence-electron chi connectivity index (χ4n) is 1.45. The standard InChI is InChI=1S/C13H17FN2O/c1-2-17-13-6-5-11(9-12(13)14)10-16-8-4-3-7-15/h5-6,9,16H,2-4,8,10H2,1H3. The highest BCUT2D eigenvalue weighted by atomic mass is 19.1. The molecule has 92 valence electrons. The fourth-order valence-corrected chi connectivity index (χ4v) is 1.45. The van der Waals surface area contributed by atoms with Gasteiger partial charge >= 0.3 is 0 Å². The van der Waals surface area contributed by atoms with Crippen molar-refractivity contribution >= 4 is 0 Å². The van der Waals surface area contributed by atoms with Crippen LogP contribution in [0.25, 0.3) is 0 Å². The lowest BCUT2D eigenvalue weighted by atomic mass is 10.2. The zero-order valence-corrected chi connectivity index (χ0v) is 10.0. The molecule has 0 saturated heterocycles. The largest absolute Gasteiger partial charge is 0.491 e. The molecule has 0 radical (unpaired) electrons. The smallest absolute Gasteiger partial charge is 0.165 e. The van der Waals surface area contributed by atoms with E-state index in [1.165, 1.54) is 6.07 Å². The van der Waals surface area contributed by atoms with Gasteiger partial charge in [0.25, 0.3) is 0 Å². The number of ether oxygens (including phenoxy) is 1. The van der Waals surface area contributed by atoms with E-state index in [1.807, 2.05) is 13.0 Å². The second-order valence-corrected chi connectivity index (χ2v) is 3.64. The van der Waals surface area contributed by atoms with Crippen molar-refractivity contribution in [3.63, 3.8) is 0 Å². The number of benzene rings is 1. The molecule has 0 aromatic heterocycles. The van der Waals surface area contributed by atoms with Crippen LogP contribution in [-0.4, -0.2) is 13.2 Å². The van der Waals surface area contributed by atoms with Gasteiger partial charge in [-0.05, 0) is 37.6 Å². The monoisotopic (exact) mass is 236 g/mol.